The molecular weight excluding hydrogens is 321 g/mol. The Morgan fingerprint density at radius 3 is 2.52 bits per heavy atom. The Morgan fingerprint density at radius 1 is 1.24 bits per heavy atom. The van der Waals surface area contributed by atoms with Crippen LogP contribution in [0.4, 0.5) is 10.1 Å². The number of nitrogens with zero attached hydrogens (tertiary/aromatic N) is 1. The molecule has 3 atom stereocenters. The summed E-state index contributed by atoms with van der Waals surface area (Å²) in [6.45, 7) is 4.06. The second-order valence-corrected chi connectivity index (χ2v) is 7.02. The number of rotatable bonds is 6. The molecule has 5 nitrogen and oxygen atoms in total. The number of halogens is 1. The second-order valence-electron chi connectivity index (χ2n) is 7.02. The number of hydrogen-bond donors (Lipinski definition) is 2. The molecule has 2 amide bonds. The molecule has 2 N–H and O–H groups in total. The smallest absolute Gasteiger partial charge is 0.238 e. The molecule has 0 bridgehead atoms. The van der Waals surface area contributed by atoms with Crippen LogP contribution in [0, 0.1) is 11.7 Å². The van der Waals surface area contributed by atoms with E-state index in [0.717, 1.165) is 19.3 Å². The molecule has 2 rings (SSSR count). The molecule has 1 aliphatic carbocycles. The summed E-state index contributed by atoms with van der Waals surface area (Å²) in [4.78, 5) is 26.3. The molecule has 0 radical (unpaired) electrons. The third-order valence-corrected chi connectivity index (χ3v) is 5.00. The molecular formula is C19H28FN3O2. The van der Waals surface area contributed by atoms with Crippen molar-refractivity contribution in [3.63, 3.8) is 0 Å². The van der Waals surface area contributed by atoms with E-state index in [0.29, 0.717) is 11.6 Å². The van der Waals surface area contributed by atoms with E-state index in [-0.39, 0.29) is 30.2 Å². The van der Waals surface area contributed by atoms with Gasteiger partial charge in [-0.2, -0.15) is 0 Å². The zero-order valence-corrected chi connectivity index (χ0v) is 15.2. The first-order valence-corrected chi connectivity index (χ1v) is 8.93. The van der Waals surface area contributed by atoms with Crippen molar-refractivity contribution in [3.8, 4) is 0 Å². The Hall–Kier alpha value is -1.95. The summed E-state index contributed by atoms with van der Waals surface area (Å²) in [5.74, 6) is -0.134. The lowest BCUT2D eigenvalue weighted by atomic mass is 9.86. The van der Waals surface area contributed by atoms with Crippen molar-refractivity contribution in [3.05, 3.63) is 30.1 Å². The highest BCUT2D eigenvalue weighted by Crippen LogP contribution is 2.23. The number of amides is 2. The van der Waals surface area contributed by atoms with Gasteiger partial charge in [0.05, 0.1) is 12.6 Å². The molecule has 1 aliphatic rings. The topological polar surface area (TPSA) is 61.4 Å². The fourth-order valence-corrected chi connectivity index (χ4v) is 3.13. The molecule has 0 saturated heterocycles. The molecule has 0 aliphatic heterocycles. The van der Waals surface area contributed by atoms with Gasteiger partial charge in [0, 0.05) is 11.7 Å². The average Bonchev–Trinajstić information content (AvgIpc) is 2.58. The van der Waals surface area contributed by atoms with Gasteiger partial charge in [-0.15, -0.1) is 0 Å². The minimum Gasteiger partial charge on any atom is -0.352 e. The van der Waals surface area contributed by atoms with Gasteiger partial charge >= 0.3 is 0 Å². The Bertz CT molecular complexity index is 591. The van der Waals surface area contributed by atoms with Crippen LogP contribution in [0.15, 0.2) is 24.3 Å². The highest BCUT2D eigenvalue weighted by atomic mass is 19.1. The standard InChI is InChI=1S/C19H28FN3O2/c1-13-6-4-5-7-17(13)22-19(25)14(2)23(3)12-18(24)21-16-10-8-15(20)9-11-16/h8-11,13-14,17H,4-7,12H2,1-3H3,(H,21,24)(H,22,25)/t13-,14+,17+/m0/s1. The molecule has 0 unspecified atom stereocenters. The van der Waals surface area contributed by atoms with Gasteiger partial charge in [0.1, 0.15) is 5.82 Å². The van der Waals surface area contributed by atoms with Gasteiger partial charge in [-0.1, -0.05) is 19.8 Å². The number of carbonyl (C=O) groups excluding carboxylic acids is 2. The van der Waals surface area contributed by atoms with Crippen molar-refractivity contribution >= 4 is 17.5 Å². The van der Waals surface area contributed by atoms with Crippen LogP contribution in [-0.4, -0.2) is 42.4 Å². The van der Waals surface area contributed by atoms with Gasteiger partial charge in [-0.05, 0) is 57.0 Å². The number of hydrogen-bond acceptors (Lipinski definition) is 3. The van der Waals surface area contributed by atoms with Crippen LogP contribution in [0.3, 0.4) is 0 Å². The fraction of sp³-hybridized carbons (Fsp3) is 0.579. The summed E-state index contributed by atoms with van der Waals surface area (Å²) in [5.41, 5.74) is 0.535. The third kappa shape index (κ3) is 5.81. The minimum atomic E-state index is -0.395. The maximum Gasteiger partial charge on any atom is 0.238 e. The zero-order chi connectivity index (χ0) is 18.4. The Kier molecular flexibility index (Phi) is 6.93. The fourth-order valence-electron chi connectivity index (χ4n) is 3.13. The summed E-state index contributed by atoms with van der Waals surface area (Å²) in [6, 6.07) is 5.43. The highest BCUT2D eigenvalue weighted by Gasteiger charge is 2.26. The lowest BCUT2D eigenvalue weighted by Gasteiger charge is -2.32. The van der Waals surface area contributed by atoms with E-state index < -0.39 is 6.04 Å². The molecule has 1 fully saturated rings. The van der Waals surface area contributed by atoms with Crippen LogP contribution in [-0.2, 0) is 9.59 Å². The highest BCUT2D eigenvalue weighted by molar-refractivity contribution is 5.92. The quantitative estimate of drug-likeness (QED) is 0.830. The molecule has 0 aromatic heterocycles. The van der Waals surface area contributed by atoms with E-state index in [4.69, 9.17) is 0 Å². The van der Waals surface area contributed by atoms with E-state index >= 15 is 0 Å². The molecule has 0 spiro atoms. The maximum atomic E-state index is 12.9. The first-order chi connectivity index (χ1) is 11.9. The Morgan fingerprint density at radius 2 is 1.88 bits per heavy atom. The maximum absolute atomic E-state index is 12.9. The number of anilines is 1. The Balaban J connectivity index is 1.81. The molecule has 1 saturated carbocycles. The zero-order valence-electron chi connectivity index (χ0n) is 15.2. The first-order valence-electron chi connectivity index (χ1n) is 8.93. The van der Waals surface area contributed by atoms with Crippen molar-refractivity contribution in [2.45, 2.75) is 51.6 Å². The van der Waals surface area contributed by atoms with Crippen molar-refractivity contribution in [2.75, 3.05) is 18.9 Å². The van der Waals surface area contributed by atoms with E-state index in [9.17, 15) is 14.0 Å². The summed E-state index contributed by atoms with van der Waals surface area (Å²) in [5, 5.41) is 5.83. The number of carbonyl (C=O) groups is 2. The van der Waals surface area contributed by atoms with Crippen LogP contribution >= 0.6 is 0 Å². The van der Waals surface area contributed by atoms with E-state index in [1.165, 1.54) is 30.7 Å². The monoisotopic (exact) mass is 349 g/mol. The number of likely N-dealkylation sites (N-methyl/N-ethyl adjacent to an activating group) is 1. The van der Waals surface area contributed by atoms with Crippen LogP contribution in [0.1, 0.15) is 39.5 Å². The van der Waals surface area contributed by atoms with Crippen LogP contribution in [0.5, 0.6) is 0 Å². The van der Waals surface area contributed by atoms with Gasteiger partial charge in [-0.3, -0.25) is 14.5 Å². The van der Waals surface area contributed by atoms with Crippen molar-refractivity contribution in [2.24, 2.45) is 5.92 Å². The lowest BCUT2D eigenvalue weighted by Crippen LogP contribution is -2.50. The van der Waals surface area contributed by atoms with Gasteiger partial charge < -0.3 is 10.6 Å². The van der Waals surface area contributed by atoms with Gasteiger partial charge in [0.25, 0.3) is 0 Å². The molecule has 1 aromatic carbocycles. The summed E-state index contributed by atoms with van der Waals surface area (Å²) in [7, 11) is 1.75. The van der Waals surface area contributed by atoms with Gasteiger partial charge in [0.15, 0.2) is 0 Å². The van der Waals surface area contributed by atoms with Crippen molar-refractivity contribution < 1.29 is 14.0 Å². The average molecular weight is 349 g/mol. The predicted octanol–water partition coefficient (Wildman–Crippen LogP) is 2.78. The molecule has 1 aromatic rings. The van der Waals surface area contributed by atoms with Crippen LogP contribution < -0.4 is 10.6 Å². The van der Waals surface area contributed by atoms with Gasteiger partial charge in [0.2, 0.25) is 11.8 Å². The summed E-state index contributed by atoms with van der Waals surface area (Å²) in [6.07, 6.45) is 4.55. The van der Waals surface area contributed by atoms with E-state index in [1.807, 2.05) is 0 Å². The first kappa shape index (κ1) is 19.4. The summed E-state index contributed by atoms with van der Waals surface area (Å²) >= 11 is 0. The van der Waals surface area contributed by atoms with Crippen molar-refractivity contribution in [1.82, 2.24) is 10.2 Å². The predicted molar refractivity (Wildman–Crippen MR) is 96.7 cm³/mol. The van der Waals surface area contributed by atoms with Crippen molar-refractivity contribution in [1.29, 1.82) is 0 Å². The van der Waals surface area contributed by atoms with Gasteiger partial charge in [-0.25, -0.2) is 4.39 Å². The molecule has 0 heterocycles. The molecule has 6 heteroatoms. The van der Waals surface area contributed by atoms with Crippen LogP contribution in [0.25, 0.3) is 0 Å². The second kappa shape index (κ2) is 8.94. The normalized spacial score (nSPS) is 21.6. The number of nitrogens with one attached hydrogen (secondary N) is 2. The largest absolute Gasteiger partial charge is 0.352 e. The minimum absolute atomic E-state index is 0.0455. The molecule has 138 valence electrons. The SMILES string of the molecule is C[C@H](C(=O)N[C@@H]1CCCC[C@@H]1C)N(C)CC(=O)Nc1ccc(F)cc1. The third-order valence-electron chi connectivity index (χ3n) is 5.00. The lowest BCUT2D eigenvalue weighted by molar-refractivity contribution is -0.127. The van der Waals surface area contributed by atoms with E-state index in [2.05, 4.69) is 17.6 Å². The summed E-state index contributed by atoms with van der Waals surface area (Å²) < 4.78 is 12.9. The van der Waals surface area contributed by atoms with Crippen LogP contribution in [0.2, 0.25) is 0 Å². The Labute approximate surface area is 149 Å². The van der Waals surface area contributed by atoms with E-state index in [1.54, 1.807) is 18.9 Å². The number of benzene rings is 1. The molecule has 25 heavy (non-hydrogen) atoms.